The summed E-state index contributed by atoms with van der Waals surface area (Å²) in [6.45, 7) is 6.05. The highest BCUT2D eigenvalue weighted by atomic mass is 31.2. The van der Waals surface area contributed by atoms with E-state index in [-0.39, 0.29) is 0 Å². The minimum atomic E-state index is -3.29. The van der Waals surface area contributed by atoms with E-state index in [2.05, 4.69) is 5.10 Å². The van der Waals surface area contributed by atoms with Crippen molar-refractivity contribution in [3.63, 3.8) is 0 Å². The van der Waals surface area contributed by atoms with Gasteiger partial charge in [-0.25, -0.2) is 4.68 Å². The Bertz CT molecular complexity index is 600. The highest BCUT2D eigenvalue weighted by Gasteiger charge is 2.31. The maximum atomic E-state index is 12.8. The molecule has 0 unspecified atom stereocenters. The van der Waals surface area contributed by atoms with E-state index in [9.17, 15) is 4.57 Å². The quantitative estimate of drug-likeness (QED) is 0.768. The van der Waals surface area contributed by atoms with Crippen LogP contribution < -0.4 is 5.30 Å². The molecule has 0 amide bonds. The molecular weight excluding hydrogens is 275 g/mol. The number of hydrogen-bond acceptors (Lipinski definition) is 4. The minimum absolute atomic E-state index is 0.327. The van der Waals surface area contributed by atoms with Crippen LogP contribution in [0.15, 0.2) is 36.5 Å². The lowest BCUT2D eigenvalue weighted by molar-refractivity contribution is 0.230. The summed E-state index contributed by atoms with van der Waals surface area (Å²) in [7, 11) is -3.29. The zero-order chi connectivity index (χ0) is 14.6. The van der Waals surface area contributed by atoms with Gasteiger partial charge >= 0.3 is 7.60 Å². The second-order valence-electron chi connectivity index (χ2n) is 4.21. The Labute approximate surface area is 119 Å². The van der Waals surface area contributed by atoms with E-state index in [0.29, 0.717) is 24.2 Å². The third kappa shape index (κ3) is 3.01. The van der Waals surface area contributed by atoms with E-state index in [1.807, 2.05) is 30.3 Å². The summed E-state index contributed by atoms with van der Waals surface area (Å²) in [5, 5.41) is 4.91. The van der Waals surface area contributed by atoms with Crippen LogP contribution in [0.3, 0.4) is 0 Å². The molecule has 20 heavy (non-hydrogen) atoms. The van der Waals surface area contributed by atoms with Gasteiger partial charge in [0.15, 0.2) is 0 Å². The van der Waals surface area contributed by atoms with Gasteiger partial charge in [-0.05, 0) is 32.9 Å². The van der Waals surface area contributed by atoms with Gasteiger partial charge in [0.05, 0.1) is 24.6 Å². The predicted octanol–water partition coefficient (Wildman–Crippen LogP) is 3.07. The summed E-state index contributed by atoms with van der Waals surface area (Å²) in [6.07, 6.45) is 1.72. The van der Waals surface area contributed by atoms with Crippen molar-refractivity contribution in [2.24, 2.45) is 0 Å². The van der Waals surface area contributed by atoms with Gasteiger partial charge < -0.3 is 9.05 Å². The molecular formula is C14H19N2O3P. The average Bonchev–Trinajstić information content (AvgIpc) is 2.83. The Hall–Kier alpha value is -1.42. The van der Waals surface area contributed by atoms with E-state index < -0.39 is 7.60 Å². The first-order valence-corrected chi connectivity index (χ1v) is 8.16. The highest BCUT2D eigenvalue weighted by Crippen LogP contribution is 2.47. The van der Waals surface area contributed by atoms with E-state index in [0.717, 1.165) is 5.69 Å². The van der Waals surface area contributed by atoms with Crippen LogP contribution in [0.25, 0.3) is 5.69 Å². The summed E-state index contributed by atoms with van der Waals surface area (Å²) in [5.41, 5.74) is 1.56. The smallest absolute Gasteiger partial charge is 0.305 e. The molecule has 0 saturated heterocycles. The number of benzene rings is 1. The molecule has 0 bridgehead atoms. The lowest BCUT2D eigenvalue weighted by Gasteiger charge is -2.15. The molecule has 0 radical (unpaired) electrons. The molecule has 1 heterocycles. The molecule has 0 aliphatic heterocycles. The predicted molar refractivity (Wildman–Crippen MR) is 78.8 cm³/mol. The number of hydrogen-bond donors (Lipinski definition) is 0. The van der Waals surface area contributed by atoms with Crippen LogP contribution in [-0.4, -0.2) is 23.0 Å². The fourth-order valence-electron chi connectivity index (χ4n) is 1.95. The van der Waals surface area contributed by atoms with Crippen molar-refractivity contribution in [3.8, 4) is 5.69 Å². The van der Waals surface area contributed by atoms with Gasteiger partial charge in [0.2, 0.25) is 0 Å². The Morgan fingerprint density at radius 2 is 1.75 bits per heavy atom. The van der Waals surface area contributed by atoms with Gasteiger partial charge in [-0.3, -0.25) is 4.57 Å². The van der Waals surface area contributed by atoms with Crippen molar-refractivity contribution in [1.82, 2.24) is 9.78 Å². The Kier molecular flexibility index (Phi) is 4.76. The third-order valence-corrected chi connectivity index (χ3v) is 5.01. The van der Waals surface area contributed by atoms with Gasteiger partial charge in [-0.15, -0.1) is 0 Å². The summed E-state index contributed by atoms with van der Waals surface area (Å²) in [5.74, 6) is 0. The molecule has 2 rings (SSSR count). The number of nitrogens with zero attached hydrogens (tertiary/aromatic N) is 2. The molecule has 0 saturated carbocycles. The minimum Gasteiger partial charge on any atom is -0.305 e. The van der Waals surface area contributed by atoms with Crippen molar-refractivity contribution in [1.29, 1.82) is 0 Å². The summed E-state index contributed by atoms with van der Waals surface area (Å²) < 4.78 is 25.2. The van der Waals surface area contributed by atoms with Crippen molar-refractivity contribution >= 4 is 12.9 Å². The Morgan fingerprint density at radius 3 is 2.30 bits per heavy atom. The van der Waals surface area contributed by atoms with Crippen LogP contribution in [0.1, 0.15) is 19.5 Å². The Balaban J connectivity index is 2.43. The van der Waals surface area contributed by atoms with E-state index in [1.54, 1.807) is 31.6 Å². The van der Waals surface area contributed by atoms with Crippen LogP contribution in [0.2, 0.25) is 0 Å². The maximum Gasteiger partial charge on any atom is 0.364 e. The molecule has 0 aliphatic carbocycles. The molecule has 2 aromatic rings. The standard InChI is InChI=1S/C14H19N2O3P/c1-4-18-20(17,19-5-2)14-11-16(15-12(14)3)13-9-7-6-8-10-13/h6-11H,4-5H2,1-3H3. The van der Waals surface area contributed by atoms with E-state index >= 15 is 0 Å². The fourth-order valence-corrected chi connectivity index (χ4v) is 3.67. The molecule has 6 heteroatoms. The third-order valence-electron chi connectivity index (χ3n) is 2.79. The second-order valence-corrected chi connectivity index (χ2v) is 6.21. The zero-order valence-electron chi connectivity index (χ0n) is 11.9. The molecule has 108 valence electrons. The van der Waals surface area contributed by atoms with E-state index in [1.165, 1.54) is 0 Å². The topological polar surface area (TPSA) is 53.4 Å². The van der Waals surface area contributed by atoms with Crippen LogP contribution in [0.5, 0.6) is 0 Å². The summed E-state index contributed by atoms with van der Waals surface area (Å²) >= 11 is 0. The summed E-state index contributed by atoms with van der Waals surface area (Å²) in [4.78, 5) is 0. The maximum absolute atomic E-state index is 12.8. The molecule has 0 N–H and O–H groups in total. The second kappa shape index (κ2) is 6.35. The van der Waals surface area contributed by atoms with Crippen LogP contribution >= 0.6 is 7.60 Å². The monoisotopic (exact) mass is 294 g/mol. The Morgan fingerprint density at radius 1 is 1.15 bits per heavy atom. The highest BCUT2D eigenvalue weighted by molar-refractivity contribution is 7.62. The van der Waals surface area contributed by atoms with Crippen molar-refractivity contribution in [3.05, 3.63) is 42.2 Å². The average molecular weight is 294 g/mol. The van der Waals surface area contributed by atoms with Gasteiger partial charge in [0, 0.05) is 6.20 Å². The van der Waals surface area contributed by atoms with E-state index in [4.69, 9.17) is 9.05 Å². The molecule has 1 aromatic heterocycles. The van der Waals surface area contributed by atoms with Crippen molar-refractivity contribution < 1.29 is 13.6 Å². The molecule has 0 atom stereocenters. The molecule has 1 aromatic carbocycles. The van der Waals surface area contributed by atoms with Gasteiger partial charge in [0.1, 0.15) is 5.30 Å². The van der Waals surface area contributed by atoms with Gasteiger partial charge in [0.25, 0.3) is 0 Å². The number of aromatic nitrogens is 2. The van der Waals surface area contributed by atoms with Crippen LogP contribution in [0, 0.1) is 6.92 Å². The zero-order valence-corrected chi connectivity index (χ0v) is 12.8. The first-order chi connectivity index (χ1) is 9.60. The fraction of sp³-hybridized carbons (Fsp3) is 0.357. The lowest BCUT2D eigenvalue weighted by atomic mass is 10.3. The number of para-hydroxylation sites is 1. The first-order valence-electron chi connectivity index (χ1n) is 6.62. The first kappa shape index (κ1) is 15.0. The lowest BCUT2D eigenvalue weighted by Crippen LogP contribution is -2.11. The van der Waals surface area contributed by atoms with Gasteiger partial charge in [-0.1, -0.05) is 18.2 Å². The van der Waals surface area contributed by atoms with Gasteiger partial charge in [-0.2, -0.15) is 5.10 Å². The number of aryl methyl sites for hydroxylation is 1. The number of rotatable bonds is 6. The van der Waals surface area contributed by atoms with Crippen LogP contribution in [0.4, 0.5) is 0 Å². The molecule has 0 aliphatic rings. The molecule has 0 fully saturated rings. The van der Waals surface area contributed by atoms with Crippen LogP contribution in [-0.2, 0) is 13.6 Å². The largest absolute Gasteiger partial charge is 0.364 e. The van der Waals surface area contributed by atoms with Crippen molar-refractivity contribution in [2.45, 2.75) is 20.8 Å². The normalized spacial score (nSPS) is 11.8. The van der Waals surface area contributed by atoms with Crippen molar-refractivity contribution in [2.75, 3.05) is 13.2 Å². The molecule has 5 nitrogen and oxygen atoms in total. The molecule has 0 spiro atoms. The SMILES string of the molecule is CCOP(=O)(OCC)c1cn(-c2ccccc2)nc1C. The summed E-state index contributed by atoms with van der Waals surface area (Å²) in [6, 6.07) is 9.66.